The molecule has 2 aliphatic rings. The largest absolute Gasteiger partial charge is 0.463 e. The summed E-state index contributed by atoms with van der Waals surface area (Å²) < 4.78 is 54.6. The van der Waals surface area contributed by atoms with Gasteiger partial charge in [0.05, 0.1) is 19.2 Å². The van der Waals surface area contributed by atoms with Gasteiger partial charge in [-0.1, -0.05) is 18.2 Å². The van der Waals surface area contributed by atoms with Crippen molar-refractivity contribution in [2.75, 3.05) is 46.4 Å². The Kier molecular flexibility index (Phi) is 10.8. The van der Waals surface area contributed by atoms with E-state index in [1.54, 1.807) is 19.2 Å². The number of esters is 1. The lowest BCUT2D eigenvalue weighted by Crippen LogP contribution is -2.46. The molecule has 39 heavy (non-hydrogen) atoms. The van der Waals surface area contributed by atoms with Crippen LogP contribution in [0.2, 0.25) is 0 Å². The van der Waals surface area contributed by atoms with Crippen molar-refractivity contribution in [1.82, 2.24) is 19.8 Å². The minimum atomic E-state index is -4.43. The molecule has 1 N–H and O–H groups in total. The molecule has 12 heteroatoms. The fourth-order valence-electron chi connectivity index (χ4n) is 4.26. The molecular weight excluding hydrogens is 515 g/mol. The summed E-state index contributed by atoms with van der Waals surface area (Å²) in [5, 5.41) is 0. The molecule has 2 aliphatic heterocycles. The minimum absolute atomic E-state index is 0.0300. The van der Waals surface area contributed by atoms with Crippen molar-refractivity contribution in [2.45, 2.75) is 51.2 Å². The molecule has 2 fully saturated rings. The normalized spacial score (nSPS) is 21.2. The van der Waals surface area contributed by atoms with Crippen LogP contribution in [0.15, 0.2) is 48.3 Å². The van der Waals surface area contributed by atoms with Crippen LogP contribution in [0.1, 0.15) is 38.2 Å². The Morgan fingerprint density at radius 3 is 2.67 bits per heavy atom. The van der Waals surface area contributed by atoms with Crippen molar-refractivity contribution < 1.29 is 32.2 Å². The predicted octanol–water partition coefficient (Wildman–Crippen LogP) is 3.96. The molecular formula is C27H38F3N5O4. The Hall–Kier alpha value is -3.12. The van der Waals surface area contributed by atoms with E-state index in [0.717, 1.165) is 38.2 Å². The molecule has 0 radical (unpaired) electrons. The highest BCUT2D eigenvalue weighted by atomic mass is 19.4. The summed E-state index contributed by atoms with van der Waals surface area (Å²) in [5.41, 5.74) is -0.854. The average Bonchev–Trinajstić information content (AvgIpc) is 3.51. The fourth-order valence-corrected chi connectivity index (χ4v) is 4.26. The van der Waals surface area contributed by atoms with Crippen molar-refractivity contribution in [3.63, 3.8) is 0 Å². The number of halogens is 3. The third kappa shape index (κ3) is 9.85. The first kappa shape index (κ1) is 30.4. The number of imidazole rings is 1. The van der Waals surface area contributed by atoms with Crippen LogP contribution in [0.4, 0.5) is 13.2 Å². The number of carbonyl (C=O) groups is 1. The summed E-state index contributed by atoms with van der Waals surface area (Å²) >= 11 is 0. The van der Waals surface area contributed by atoms with E-state index in [1.807, 2.05) is 32.2 Å². The van der Waals surface area contributed by atoms with Crippen LogP contribution >= 0.6 is 0 Å². The minimum Gasteiger partial charge on any atom is -0.463 e. The Balaban J connectivity index is 1.36. The van der Waals surface area contributed by atoms with Gasteiger partial charge in [-0.25, -0.2) is 4.98 Å². The Bertz CT molecular complexity index is 1040. The maximum Gasteiger partial charge on any atom is 0.432 e. The average molecular weight is 554 g/mol. The number of aliphatic imine (C=N–C) groups is 1. The van der Waals surface area contributed by atoms with Gasteiger partial charge in [-0.15, -0.1) is 6.58 Å². The maximum absolute atomic E-state index is 12.7. The van der Waals surface area contributed by atoms with Crippen LogP contribution in [0.3, 0.4) is 0 Å². The van der Waals surface area contributed by atoms with E-state index in [2.05, 4.69) is 31.3 Å². The second-order valence-electron chi connectivity index (χ2n) is 9.91. The Morgan fingerprint density at radius 1 is 1.33 bits per heavy atom. The van der Waals surface area contributed by atoms with E-state index in [1.165, 1.54) is 0 Å². The quantitative estimate of drug-likeness (QED) is 0.192. The van der Waals surface area contributed by atoms with E-state index in [0.29, 0.717) is 13.0 Å². The first-order chi connectivity index (χ1) is 18.5. The van der Waals surface area contributed by atoms with Crippen molar-refractivity contribution in [3.05, 3.63) is 54.8 Å². The van der Waals surface area contributed by atoms with Gasteiger partial charge in [-0.2, -0.15) is 13.2 Å². The summed E-state index contributed by atoms with van der Waals surface area (Å²) in [6, 6.07) is 0. The number of rotatable bonds is 11. The number of aromatic nitrogens is 2. The van der Waals surface area contributed by atoms with E-state index in [4.69, 9.17) is 14.2 Å². The van der Waals surface area contributed by atoms with Crippen molar-refractivity contribution in [2.24, 2.45) is 10.9 Å². The second-order valence-corrected chi connectivity index (χ2v) is 9.91. The number of allylic oxidation sites excluding steroid dienone is 3. The lowest BCUT2D eigenvalue weighted by Gasteiger charge is -2.35. The third-order valence-electron chi connectivity index (χ3n) is 6.39. The van der Waals surface area contributed by atoms with E-state index >= 15 is 0 Å². The SMILES string of the molecule is C=CC(C/C=C/N1CCN(C(/C=C\Cc2ncc(C(F)(F)F)[nH]2)=NC)CC1)CC(=O)OCC1COC(C)(C)O1. The molecule has 3 rings (SSSR count). The number of ether oxygens (including phenoxy) is 3. The van der Waals surface area contributed by atoms with Crippen LogP contribution in [-0.4, -0.2) is 89.9 Å². The van der Waals surface area contributed by atoms with Crippen LogP contribution in [-0.2, 0) is 31.6 Å². The lowest BCUT2D eigenvalue weighted by molar-refractivity contribution is -0.158. The van der Waals surface area contributed by atoms with Crippen molar-refractivity contribution in [3.8, 4) is 0 Å². The molecule has 2 saturated heterocycles. The summed E-state index contributed by atoms with van der Waals surface area (Å²) in [4.78, 5) is 27.0. The zero-order valence-corrected chi connectivity index (χ0v) is 22.7. The van der Waals surface area contributed by atoms with Crippen molar-refractivity contribution >= 4 is 11.8 Å². The molecule has 0 aliphatic carbocycles. The number of amidine groups is 1. The molecule has 0 bridgehead atoms. The van der Waals surface area contributed by atoms with Gasteiger partial charge in [-0.3, -0.25) is 9.79 Å². The van der Waals surface area contributed by atoms with Gasteiger partial charge >= 0.3 is 12.1 Å². The maximum atomic E-state index is 12.7. The number of alkyl halides is 3. The smallest absolute Gasteiger partial charge is 0.432 e. The number of hydrogen-bond donors (Lipinski definition) is 1. The van der Waals surface area contributed by atoms with Gasteiger partial charge in [-0.05, 0) is 38.5 Å². The van der Waals surface area contributed by atoms with E-state index in [-0.39, 0.29) is 43.3 Å². The summed E-state index contributed by atoms with van der Waals surface area (Å²) in [6.45, 7) is 11.2. The number of carbonyl (C=O) groups excluding carboxylic acids is 1. The Morgan fingerprint density at radius 2 is 2.08 bits per heavy atom. The number of hydrogen-bond acceptors (Lipinski definition) is 7. The van der Waals surface area contributed by atoms with Crippen LogP contribution < -0.4 is 0 Å². The fraction of sp³-hybridized carbons (Fsp3) is 0.593. The van der Waals surface area contributed by atoms with Gasteiger partial charge in [0.15, 0.2) is 5.79 Å². The summed E-state index contributed by atoms with van der Waals surface area (Å²) in [6.07, 6.45) is 6.69. The van der Waals surface area contributed by atoms with Gasteiger partial charge < -0.3 is 29.0 Å². The zero-order chi connectivity index (χ0) is 28.5. The molecule has 0 saturated carbocycles. The topological polar surface area (TPSA) is 92.3 Å². The Labute approximate surface area is 227 Å². The second kappa shape index (κ2) is 13.8. The van der Waals surface area contributed by atoms with Crippen LogP contribution in [0.5, 0.6) is 0 Å². The zero-order valence-electron chi connectivity index (χ0n) is 22.7. The highest BCUT2D eigenvalue weighted by Gasteiger charge is 2.34. The number of aromatic amines is 1. The number of nitrogens with zero attached hydrogens (tertiary/aromatic N) is 4. The van der Waals surface area contributed by atoms with Crippen molar-refractivity contribution in [1.29, 1.82) is 0 Å². The molecule has 2 unspecified atom stereocenters. The molecule has 1 aromatic rings. The number of piperazine rings is 1. The number of H-pyrrole nitrogens is 1. The number of nitrogens with one attached hydrogen (secondary N) is 1. The van der Waals surface area contributed by atoms with Gasteiger partial charge in [0.2, 0.25) is 0 Å². The molecule has 1 aromatic heterocycles. The molecule has 0 aromatic carbocycles. The first-order valence-corrected chi connectivity index (χ1v) is 13.0. The van der Waals surface area contributed by atoms with Crippen LogP contribution in [0, 0.1) is 5.92 Å². The van der Waals surface area contributed by atoms with E-state index in [9.17, 15) is 18.0 Å². The molecule has 2 atom stereocenters. The summed E-state index contributed by atoms with van der Waals surface area (Å²) in [5.74, 6) is 0.0490. The van der Waals surface area contributed by atoms with Crippen LogP contribution in [0.25, 0.3) is 0 Å². The molecule has 0 amide bonds. The molecule has 9 nitrogen and oxygen atoms in total. The third-order valence-corrected chi connectivity index (χ3v) is 6.39. The standard InChI is InChI=1S/C27H38F3N5O4/c1-5-20(16-25(36)37-18-21-19-38-26(2,3)39-21)8-7-11-34-12-14-35(15-13-34)24(31-4)10-6-9-23-32-17-22(33-23)27(28,29)30/h5-7,10-11,17,20-21H,1,8-9,12-16,18-19H2,2-4H3,(H,32,33)/b10-6-,11-7+,31-24?. The van der Waals surface area contributed by atoms with Gasteiger partial charge in [0.25, 0.3) is 0 Å². The molecule has 3 heterocycles. The highest BCUT2D eigenvalue weighted by Crippen LogP contribution is 2.27. The monoisotopic (exact) mass is 553 g/mol. The highest BCUT2D eigenvalue weighted by molar-refractivity contribution is 5.93. The summed E-state index contributed by atoms with van der Waals surface area (Å²) in [7, 11) is 1.69. The lowest BCUT2D eigenvalue weighted by atomic mass is 10.0. The predicted molar refractivity (Wildman–Crippen MR) is 141 cm³/mol. The first-order valence-electron chi connectivity index (χ1n) is 13.0. The van der Waals surface area contributed by atoms with E-state index < -0.39 is 17.7 Å². The van der Waals surface area contributed by atoms with Gasteiger partial charge in [0, 0.05) is 39.6 Å². The molecule has 0 spiro atoms. The van der Waals surface area contributed by atoms with Gasteiger partial charge in [0.1, 0.15) is 30.1 Å². The molecule has 216 valence electrons.